The maximum Gasteiger partial charge on any atom is 0.252 e. The van der Waals surface area contributed by atoms with Crippen LogP contribution < -0.4 is 10.6 Å². The Bertz CT molecular complexity index is 721. The molecular formula is C18H14N2O4. The predicted octanol–water partition coefficient (Wildman–Crippen LogP) is 0.735. The van der Waals surface area contributed by atoms with Gasteiger partial charge in [-0.2, -0.15) is 0 Å². The van der Waals surface area contributed by atoms with Gasteiger partial charge in [-0.1, -0.05) is 36.4 Å². The van der Waals surface area contributed by atoms with Crippen LogP contribution in [0.15, 0.2) is 60.7 Å². The highest BCUT2D eigenvalue weighted by molar-refractivity contribution is 6.32. The first kappa shape index (κ1) is 15.6. The molecule has 3 rings (SSSR count). The molecule has 6 heteroatoms. The van der Waals surface area contributed by atoms with Crippen LogP contribution in [0.25, 0.3) is 0 Å². The van der Waals surface area contributed by atoms with Gasteiger partial charge in [0.1, 0.15) is 0 Å². The van der Waals surface area contributed by atoms with Crippen LogP contribution in [0.3, 0.4) is 0 Å². The molecule has 0 unspecified atom stereocenters. The Balaban J connectivity index is 1.61. The number of ketones is 2. The zero-order chi connectivity index (χ0) is 17.1. The molecule has 0 spiro atoms. The van der Waals surface area contributed by atoms with Gasteiger partial charge in [-0.3, -0.25) is 19.2 Å². The summed E-state index contributed by atoms with van der Waals surface area (Å²) in [6.45, 7) is 0. The molecule has 6 nitrogen and oxygen atoms in total. The molecule has 1 saturated carbocycles. The molecule has 2 aromatic carbocycles. The molecule has 2 N–H and O–H groups in total. The van der Waals surface area contributed by atoms with Crippen molar-refractivity contribution in [2.45, 2.75) is 12.1 Å². The van der Waals surface area contributed by atoms with Crippen molar-refractivity contribution in [3.8, 4) is 0 Å². The summed E-state index contributed by atoms with van der Waals surface area (Å²) in [7, 11) is 0. The molecule has 0 atom stereocenters. The monoisotopic (exact) mass is 322 g/mol. The zero-order valence-electron chi connectivity index (χ0n) is 12.6. The third-order valence-electron chi connectivity index (χ3n) is 3.76. The summed E-state index contributed by atoms with van der Waals surface area (Å²) in [5, 5.41) is 4.77. The van der Waals surface area contributed by atoms with Crippen molar-refractivity contribution in [2.24, 2.45) is 0 Å². The van der Waals surface area contributed by atoms with Crippen LogP contribution in [0.2, 0.25) is 0 Å². The fourth-order valence-electron chi connectivity index (χ4n) is 2.41. The van der Waals surface area contributed by atoms with E-state index in [0.29, 0.717) is 11.1 Å². The standard InChI is InChI=1S/C18H14N2O4/c21-15-13(19-17(23)11-7-3-1-4-8-11)16(22)14(15)20-18(24)12-9-5-2-6-10-12/h1-10,13-14H,(H,19,23)(H,20,24). The summed E-state index contributed by atoms with van der Waals surface area (Å²) in [5.41, 5.74) is 0.713. The van der Waals surface area contributed by atoms with E-state index >= 15 is 0 Å². The molecular weight excluding hydrogens is 308 g/mol. The quantitative estimate of drug-likeness (QED) is 0.812. The maximum absolute atomic E-state index is 12.1. The first-order valence-electron chi connectivity index (χ1n) is 7.37. The van der Waals surface area contributed by atoms with E-state index < -0.39 is 35.5 Å². The highest BCUT2D eigenvalue weighted by Crippen LogP contribution is 2.14. The molecule has 0 aliphatic heterocycles. The Morgan fingerprint density at radius 1 is 0.625 bits per heavy atom. The molecule has 24 heavy (non-hydrogen) atoms. The molecule has 2 amide bonds. The van der Waals surface area contributed by atoms with E-state index in [9.17, 15) is 19.2 Å². The highest BCUT2D eigenvalue weighted by Gasteiger charge is 2.50. The topological polar surface area (TPSA) is 92.3 Å². The molecule has 1 aliphatic carbocycles. The normalized spacial score (nSPS) is 19.3. The molecule has 1 fully saturated rings. The van der Waals surface area contributed by atoms with E-state index in [2.05, 4.69) is 10.6 Å². The lowest BCUT2D eigenvalue weighted by molar-refractivity contribution is -0.143. The number of amides is 2. The minimum atomic E-state index is -1.21. The number of hydrogen-bond donors (Lipinski definition) is 2. The van der Waals surface area contributed by atoms with Gasteiger partial charge in [0.25, 0.3) is 11.8 Å². The van der Waals surface area contributed by atoms with Crippen molar-refractivity contribution in [2.75, 3.05) is 0 Å². The van der Waals surface area contributed by atoms with Crippen molar-refractivity contribution in [1.29, 1.82) is 0 Å². The number of hydrogen-bond acceptors (Lipinski definition) is 4. The zero-order valence-corrected chi connectivity index (χ0v) is 12.6. The first-order valence-corrected chi connectivity index (χ1v) is 7.37. The van der Waals surface area contributed by atoms with Crippen LogP contribution in [-0.2, 0) is 9.59 Å². The Labute approximate surface area is 137 Å². The van der Waals surface area contributed by atoms with Crippen LogP contribution >= 0.6 is 0 Å². The Morgan fingerprint density at radius 2 is 0.958 bits per heavy atom. The van der Waals surface area contributed by atoms with Gasteiger partial charge >= 0.3 is 0 Å². The minimum absolute atomic E-state index is 0.356. The van der Waals surface area contributed by atoms with Crippen molar-refractivity contribution in [3.63, 3.8) is 0 Å². The Hall–Kier alpha value is -3.28. The summed E-state index contributed by atoms with van der Waals surface area (Å²) < 4.78 is 0. The van der Waals surface area contributed by atoms with Gasteiger partial charge in [-0.25, -0.2) is 0 Å². The van der Waals surface area contributed by atoms with Crippen molar-refractivity contribution in [1.82, 2.24) is 10.6 Å². The lowest BCUT2D eigenvalue weighted by Gasteiger charge is -2.32. The summed E-state index contributed by atoms with van der Waals surface area (Å²) in [4.78, 5) is 48.1. The molecule has 0 heterocycles. The number of Topliss-reactive ketones (excluding diaryl/α,β-unsaturated/α-hetero) is 2. The molecule has 0 aromatic heterocycles. The number of nitrogens with one attached hydrogen (secondary N) is 2. The van der Waals surface area contributed by atoms with E-state index in [-0.39, 0.29) is 0 Å². The third-order valence-corrected chi connectivity index (χ3v) is 3.76. The van der Waals surface area contributed by atoms with Crippen LogP contribution in [0, 0.1) is 0 Å². The number of rotatable bonds is 4. The summed E-state index contributed by atoms with van der Waals surface area (Å²) in [6.07, 6.45) is 0. The Morgan fingerprint density at radius 3 is 1.29 bits per heavy atom. The van der Waals surface area contributed by atoms with Crippen LogP contribution in [-0.4, -0.2) is 35.5 Å². The van der Waals surface area contributed by atoms with E-state index in [1.807, 2.05) is 0 Å². The predicted molar refractivity (Wildman–Crippen MR) is 85.4 cm³/mol. The number of benzene rings is 2. The van der Waals surface area contributed by atoms with Gasteiger partial charge in [0, 0.05) is 11.1 Å². The Kier molecular flexibility index (Phi) is 4.20. The van der Waals surface area contributed by atoms with Gasteiger partial charge in [-0.15, -0.1) is 0 Å². The number of carbonyl (C=O) groups excluding carboxylic acids is 4. The molecule has 1 aliphatic rings. The highest BCUT2D eigenvalue weighted by atomic mass is 16.2. The van der Waals surface area contributed by atoms with Crippen LogP contribution in [0.4, 0.5) is 0 Å². The van der Waals surface area contributed by atoms with Crippen LogP contribution in [0.1, 0.15) is 20.7 Å². The molecule has 0 radical (unpaired) electrons. The summed E-state index contributed by atoms with van der Waals surface area (Å²) in [5.74, 6) is -2.05. The summed E-state index contributed by atoms with van der Waals surface area (Å²) in [6, 6.07) is 14.1. The van der Waals surface area contributed by atoms with Crippen molar-refractivity contribution >= 4 is 23.4 Å². The van der Waals surface area contributed by atoms with E-state index in [1.165, 1.54) is 0 Å². The fraction of sp³-hybridized carbons (Fsp3) is 0.111. The van der Waals surface area contributed by atoms with Crippen molar-refractivity contribution < 1.29 is 19.2 Å². The largest absolute Gasteiger partial charge is 0.335 e. The first-order chi connectivity index (χ1) is 11.6. The van der Waals surface area contributed by atoms with Crippen LogP contribution in [0.5, 0.6) is 0 Å². The molecule has 0 saturated heterocycles. The second-order valence-corrected chi connectivity index (χ2v) is 5.35. The van der Waals surface area contributed by atoms with Gasteiger partial charge in [0.15, 0.2) is 23.7 Å². The average Bonchev–Trinajstić information content (AvgIpc) is 2.64. The van der Waals surface area contributed by atoms with E-state index in [0.717, 1.165) is 0 Å². The van der Waals surface area contributed by atoms with Gasteiger partial charge in [-0.05, 0) is 24.3 Å². The van der Waals surface area contributed by atoms with Crippen molar-refractivity contribution in [3.05, 3.63) is 71.8 Å². The molecule has 120 valence electrons. The van der Waals surface area contributed by atoms with Gasteiger partial charge < -0.3 is 10.6 Å². The fourth-order valence-corrected chi connectivity index (χ4v) is 2.41. The minimum Gasteiger partial charge on any atom is -0.335 e. The second-order valence-electron chi connectivity index (χ2n) is 5.35. The SMILES string of the molecule is O=C(NC1C(=O)C(NC(=O)c2ccccc2)C1=O)c1ccccc1. The lowest BCUT2D eigenvalue weighted by atomic mass is 9.83. The number of carbonyl (C=O) groups is 4. The van der Waals surface area contributed by atoms with E-state index in [4.69, 9.17) is 0 Å². The lowest BCUT2D eigenvalue weighted by Crippen LogP contribution is -2.70. The van der Waals surface area contributed by atoms with E-state index in [1.54, 1.807) is 60.7 Å². The third kappa shape index (κ3) is 2.94. The molecule has 2 aromatic rings. The summed E-state index contributed by atoms with van der Waals surface area (Å²) >= 11 is 0. The van der Waals surface area contributed by atoms with Gasteiger partial charge in [0.2, 0.25) is 0 Å². The maximum atomic E-state index is 12.1. The average molecular weight is 322 g/mol. The smallest absolute Gasteiger partial charge is 0.252 e. The second kappa shape index (κ2) is 6.45. The molecule has 0 bridgehead atoms. The van der Waals surface area contributed by atoms with Gasteiger partial charge in [0.05, 0.1) is 0 Å².